The van der Waals surface area contributed by atoms with Crippen molar-refractivity contribution in [3.8, 4) is 0 Å². The van der Waals surface area contributed by atoms with Crippen LogP contribution in [-0.2, 0) is 4.79 Å². The Morgan fingerprint density at radius 2 is 1.95 bits per heavy atom. The zero-order chi connectivity index (χ0) is 15.5. The van der Waals surface area contributed by atoms with E-state index in [0.29, 0.717) is 5.13 Å². The Labute approximate surface area is 134 Å². The third-order valence-electron chi connectivity index (χ3n) is 3.77. The molecule has 0 bridgehead atoms. The predicted octanol–water partition coefficient (Wildman–Crippen LogP) is 4.74. The highest BCUT2D eigenvalue weighted by Crippen LogP contribution is 2.30. The fourth-order valence-corrected chi connectivity index (χ4v) is 3.53. The summed E-state index contributed by atoms with van der Waals surface area (Å²) < 4.78 is 1.13. The van der Waals surface area contributed by atoms with E-state index in [-0.39, 0.29) is 11.8 Å². The molecule has 0 aliphatic carbocycles. The Morgan fingerprint density at radius 3 is 2.64 bits per heavy atom. The molecule has 4 heteroatoms. The Hall–Kier alpha value is -2.20. The zero-order valence-corrected chi connectivity index (χ0v) is 13.5. The summed E-state index contributed by atoms with van der Waals surface area (Å²) in [5.74, 6) is -0.139. The smallest absolute Gasteiger partial charge is 0.233 e. The summed E-state index contributed by atoms with van der Waals surface area (Å²) in [6.07, 6.45) is 0.764. The van der Waals surface area contributed by atoms with Gasteiger partial charge in [-0.05, 0) is 30.5 Å². The van der Waals surface area contributed by atoms with Gasteiger partial charge < -0.3 is 5.32 Å². The van der Waals surface area contributed by atoms with Gasteiger partial charge in [0.15, 0.2) is 5.13 Å². The van der Waals surface area contributed by atoms with Gasteiger partial charge in [0.2, 0.25) is 5.91 Å². The molecule has 0 saturated carbocycles. The molecular weight excluding hydrogens is 292 g/mol. The number of amides is 1. The van der Waals surface area contributed by atoms with Gasteiger partial charge in [-0.15, -0.1) is 0 Å². The van der Waals surface area contributed by atoms with Crippen molar-refractivity contribution in [2.75, 3.05) is 5.32 Å². The van der Waals surface area contributed by atoms with Crippen LogP contribution in [-0.4, -0.2) is 10.9 Å². The van der Waals surface area contributed by atoms with E-state index in [9.17, 15) is 4.79 Å². The van der Waals surface area contributed by atoms with Crippen molar-refractivity contribution in [3.63, 3.8) is 0 Å². The Balaban J connectivity index is 1.84. The standard InChI is InChI=1S/C18H18N2OS/c1-3-14(13-9-5-4-6-10-13)17(21)20-18-19-15-11-7-8-12(2)16(15)22-18/h4-11,14H,3H2,1-2H3,(H,19,20,21). The molecule has 0 radical (unpaired) electrons. The molecule has 3 aromatic rings. The molecule has 1 unspecified atom stereocenters. The molecule has 0 spiro atoms. The first-order chi connectivity index (χ1) is 10.7. The van der Waals surface area contributed by atoms with Crippen molar-refractivity contribution in [2.45, 2.75) is 26.2 Å². The number of hydrogen-bond acceptors (Lipinski definition) is 3. The maximum Gasteiger partial charge on any atom is 0.233 e. The lowest BCUT2D eigenvalue weighted by Crippen LogP contribution is -2.20. The molecule has 1 heterocycles. The van der Waals surface area contributed by atoms with Gasteiger partial charge in [-0.25, -0.2) is 4.98 Å². The van der Waals surface area contributed by atoms with Gasteiger partial charge in [0.05, 0.1) is 16.1 Å². The summed E-state index contributed by atoms with van der Waals surface area (Å²) in [6, 6.07) is 15.9. The second-order valence-corrected chi connectivity index (χ2v) is 6.30. The normalized spacial score (nSPS) is 12.3. The monoisotopic (exact) mass is 310 g/mol. The molecule has 0 aliphatic rings. The van der Waals surface area contributed by atoms with Crippen LogP contribution in [0.3, 0.4) is 0 Å². The van der Waals surface area contributed by atoms with Gasteiger partial charge in [0.1, 0.15) is 0 Å². The third-order valence-corrected chi connectivity index (χ3v) is 4.89. The molecule has 0 aliphatic heterocycles. The van der Waals surface area contributed by atoms with E-state index >= 15 is 0 Å². The Kier molecular flexibility index (Phi) is 4.20. The van der Waals surface area contributed by atoms with Crippen LogP contribution in [0.5, 0.6) is 0 Å². The summed E-state index contributed by atoms with van der Waals surface area (Å²) in [5.41, 5.74) is 3.17. The number of benzene rings is 2. The molecule has 2 aromatic carbocycles. The lowest BCUT2D eigenvalue weighted by molar-refractivity contribution is -0.117. The SMILES string of the molecule is CCC(C(=O)Nc1nc2cccc(C)c2s1)c1ccccc1. The summed E-state index contributed by atoms with van der Waals surface area (Å²) >= 11 is 1.53. The van der Waals surface area contributed by atoms with Gasteiger partial charge in [-0.3, -0.25) is 4.79 Å². The molecule has 1 N–H and O–H groups in total. The number of nitrogens with one attached hydrogen (secondary N) is 1. The summed E-state index contributed by atoms with van der Waals surface area (Å²) in [7, 11) is 0. The number of carbonyl (C=O) groups excluding carboxylic acids is 1. The first-order valence-electron chi connectivity index (χ1n) is 7.41. The average Bonchev–Trinajstić information content (AvgIpc) is 2.93. The number of fused-ring (bicyclic) bond motifs is 1. The number of thiazole rings is 1. The van der Waals surface area contributed by atoms with Crippen molar-refractivity contribution in [1.82, 2.24) is 4.98 Å². The Bertz CT molecular complexity index is 795. The van der Waals surface area contributed by atoms with Crippen LogP contribution in [0.4, 0.5) is 5.13 Å². The number of aryl methyl sites for hydroxylation is 1. The van der Waals surface area contributed by atoms with Crippen molar-refractivity contribution in [3.05, 3.63) is 59.7 Å². The lowest BCUT2D eigenvalue weighted by Gasteiger charge is -2.13. The molecule has 3 nitrogen and oxygen atoms in total. The second-order valence-electron chi connectivity index (χ2n) is 5.30. The number of anilines is 1. The zero-order valence-electron chi connectivity index (χ0n) is 12.7. The van der Waals surface area contributed by atoms with Gasteiger partial charge in [0, 0.05) is 0 Å². The van der Waals surface area contributed by atoms with Gasteiger partial charge in [0.25, 0.3) is 0 Å². The fraction of sp³-hybridized carbons (Fsp3) is 0.222. The van der Waals surface area contributed by atoms with E-state index in [2.05, 4.69) is 23.3 Å². The lowest BCUT2D eigenvalue weighted by atomic mass is 9.96. The highest BCUT2D eigenvalue weighted by Gasteiger charge is 2.19. The largest absolute Gasteiger partial charge is 0.301 e. The topological polar surface area (TPSA) is 42.0 Å². The van der Waals surface area contributed by atoms with E-state index in [1.165, 1.54) is 16.9 Å². The first kappa shape index (κ1) is 14.7. The van der Waals surface area contributed by atoms with Crippen LogP contribution < -0.4 is 5.32 Å². The van der Waals surface area contributed by atoms with E-state index in [1.807, 2.05) is 49.4 Å². The average molecular weight is 310 g/mol. The second kappa shape index (κ2) is 6.28. The van der Waals surface area contributed by atoms with Gasteiger partial charge in [-0.1, -0.05) is 60.7 Å². The summed E-state index contributed by atoms with van der Waals surface area (Å²) in [5, 5.41) is 3.65. The maximum atomic E-state index is 12.6. The van der Waals surface area contributed by atoms with Crippen molar-refractivity contribution in [1.29, 1.82) is 0 Å². The summed E-state index contributed by atoms with van der Waals surface area (Å²) in [6.45, 7) is 4.09. The number of carbonyl (C=O) groups is 1. The van der Waals surface area contributed by atoms with Crippen LogP contribution in [0, 0.1) is 6.92 Å². The highest BCUT2D eigenvalue weighted by molar-refractivity contribution is 7.22. The van der Waals surface area contributed by atoms with Crippen molar-refractivity contribution < 1.29 is 4.79 Å². The highest BCUT2D eigenvalue weighted by atomic mass is 32.1. The minimum atomic E-state index is -0.144. The summed E-state index contributed by atoms with van der Waals surface area (Å²) in [4.78, 5) is 17.1. The van der Waals surface area contributed by atoms with E-state index in [4.69, 9.17) is 0 Å². The minimum absolute atomic E-state index is 0.00501. The number of rotatable bonds is 4. The minimum Gasteiger partial charge on any atom is -0.301 e. The van der Waals surface area contributed by atoms with Gasteiger partial charge in [-0.2, -0.15) is 0 Å². The quantitative estimate of drug-likeness (QED) is 0.756. The van der Waals surface area contributed by atoms with Gasteiger partial charge >= 0.3 is 0 Å². The van der Waals surface area contributed by atoms with Crippen molar-refractivity contribution >= 4 is 32.6 Å². The van der Waals surface area contributed by atoms with Crippen LogP contribution in [0.15, 0.2) is 48.5 Å². The third kappa shape index (κ3) is 2.88. The van der Waals surface area contributed by atoms with E-state index < -0.39 is 0 Å². The molecule has 0 saturated heterocycles. The van der Waals surface area contributed by atoms with Crippen LogP contribution in [0.1, 0.15) is 30.4 Å². The number of hydrogen-bond donors (Lipinski definition) is 1. The fourth-order valence-electron chi connectivity index (χ4n) is 2.59. The van der Waals surface area contributed by atoms with E-state index in [0.717, 1.165) is 22.2 Å². The number of nitrogens with zero attached hydrogens (tertiary/aromatic N) is 1. The maximum absolute atomic E-state index is 12.6. The Morgan fingerprint density at radius 1 is 1.18 bits per heavy atom. The molecule has 3 rings (SSSR count). The molecule has 1 aromatic heterocycles. The molecule has 0 fully saturated rings. The van der Waals surface area contributed by atoms with Crippen molar-refractivity contribution in [2.24, 2.45) is 0 Å². The van der Waals surface area contributed by atoms with Crippen LogP contribution in [0.25, 0.3) is 10.2 Å². The molecule has 1 amide bonds. The predicted molar refractivity (Wildman–Crippen MR) is 92.5 cm³/mol. The number of aromatic nitrogens is 1. The van der Waals surface area contributed by atoms with Crippen LogP contribution >= 0.6 is 11.3 Å². The molecule has 22 heavy (non-hydrogen) atoms. The first-order valence-corrected chi connectivity index (χ1v) is 8.22. The van der Waals surface area contributed by atoms with E-state index in [1.54, 1.807) is 0 Å². The molecule has 112 valence electrons. The molecule has 1 atom stereocenters. The molecular formula is C18H18N2OS. The van der Waals surface area contributed by atoms with Crippen LogP contribution in [0.2, 0.25) is 0 Å².